The van der Waals surface area contributed by atoms with Crippen molar-refractivity contribution in [1.29, 1.82) is 0 Å². The summed E-state index contributed by atoms with van der Waals surface area (Å²) in [6.07, 6.45) is 0. The molecule has 0 spiro atoms. The molecular weight excluding hydrogens is 486 g/mol. The molecule has 0 saturated carbocycles. The van der Waals surface area contributed by atoms with Crippen molar-refractivity contribution in [3.05, 3.63) is 47.5 Å². The van der Waals surface area contributed by atoms with Gasteiger partial charge in [-0.15, -0.1) is 0 Å². The summed E-state index contributed by atoms with van der Waals surface area (Å²) in [6.45, 7) is 8.83. The topological polar surface area (TPSA) is 24.9 Å². The van der Waals surface area contributed by atoms with E-state index in [0.29, 0.717) is 11.8 Å². The standard InChI is InChI=1S/2C11H17NO.2ClH.Zr/c2*1-8(2)9-5-6-11(13)10(7-9)12(3)4;;;/h2*5-8,13H,1-4H3;2*1H;/q;;;;+4/p-4. The van der Waals surface area contributed by atoms with Crippen LogP contribution in [0.25, 0.3) is 0 Å². The summed E-state index contributed by atoms with van der Waals surface area (Å²) in [7, 11) is 8.19. The van der Waals surface area contributed by atoms with Gasteiger partial charge in [0.2, 0.25) is 0 Å². The van der Waals surface area contributed by atoms with Gasteiger partial charge in [0.15, 0.2) is 0 Å². The van der Waals surface area contributed by atoms with Crippen LogP contribution in [0.5, 0.6) is 11.5 Å². The van der Waals surface area contributed by atoms with Gasteiger partial charge in [-0.2, -0.15) is 0 Å². The van der Waals surface area contributed by atoms with E-state index in [1.807, 2.05) is 28.2 Å². The Labute approximate surface area is 201 Å². The van der Waals surface area contributed by atoms with E-state index in [1.165, 1.54) is 11.1 Å². The van der Waals surface area contributed by atoms with Crippen molar-refractivity contribution in [1.82, 2.24) is 0 Å². The van der Waals surface area contributed by atoms with E-state index in [-0.39, 0.29) is 24.8 Å². The van der Waals surface area contributed by atoms with Gasteiger partial charge in [0.1, 0.15) is 0 Å². The molecule has 0 amide bonds. The van der Waals surface area contributed by atoms with Gasteiger partial charge in [-0.25, -0.2) is 0 Å². The van der Waals surface area contributed by atoms with Crippen LogP contribution in [0.4, 0.5) is 11.4 Å². The van der Waals surface area contributed by atoms with Crippen molar-refractivity contribution in [2.75, 3.05) is 38.0 Å². The third kappa shape index (κ3) is 7.70. The summed E-state index contributed by atoms with van der Waals surface area (Å²) < 4.78 is 12.3. The second-order valence-corrected chi connectivity index (χ2v) is 9.25. The Balaban J connectivity index is 0.00000392. The van der Waals surface area contributed by atoms with E-state index < -0.39 is 24.1 Å². The number of benzene rings is 2. The normalized spacial score (nSPS) is 10.0. The Morgan fingerprint density at radius 1 is 0.655 bits per heavy atom. The predicted octanol–water partition coefficient (Wildman–Crippen LogP) is -0.556. The molecule has 0 radical (unpaired) electrons. The first-order valence-electron chi connectivity index (χ1n) is 9.42. The van der Waals surface area contributed by atoms with Crippen LogP contribution >= 0.6 is 0 Å². The Kier molecular flexibility index (Phi) is 12.3. The first-order chi connectivity index (χ1) is 12.7. The van der Waals surface area contributed by atoms with E-state index in [0.717, 1.165) is 22.9 Å². The van der Waals surface area contributed by atoms with Gasteiger partial charge in [-0.05, 0) is 0 Å². The fourth-order valence-corrected chi connectivity index (χ4v) is 4.16. The summed E-state index contributed by atoms with van der Waals surface area (Å²) in [6, 6.07) is 12.9. The molecule has 4 nitrogen and oxygen atoms in total. The zero-order chi connectivity index (χ0) is 20.1. The smallest absolute Gasteiger partial charge is 1.00 e. The van der Waals surface area contributed by atoms with Gasteiger partial charge < -0.3 is 24.8 Å². The first kappa shape index (κ1) is 28.1. The number of nitrogens with zero attached hydrogens (tertiary/aromatic N) is 2. The molecule has 0 fully saturated rings. The maximum atomic E-state index is 6.14. The summed E-state index contributed by atoms with van der Waals surface area (Å²) in [5.41, 5.74) is 4.84. The summed E-state index contributed by atoms with van der Waals surface area (Å²) >= 11 is -1.52. The number of rotatable bonds is 8. The van der Waals surface area contributed by atoms with E-state index in [4.69, 9.17) is 5.63 Å². The molecule has 0 aliphatic carbocycles. The monoisotopic (exact) mass is 516 g/mol. The third-order valence-corrected chi connectivity index (χ3v) is 6.06. The molecule has 0 aliphatic heterocycles. The predicted molar refractivity (Wildman–Crippen MR) is 111 cm³/mol. The van der Waals surface area contributed by atoms with E-state index in [9.17, 15) is 0 Å². The molecule has 2 aromatic carbocycles. The molecule has 0 bridgehead atoms. The average molecular weight is 519 g/mol. The van der Waals surface area contributed by atoms with Crippen LogP contribution in [0, 0.1) is 0 Å². The maximum absolute atomic E-state index is 6.14. The summed E-state index contributed by atoms with van der Waals surface area (Å²) in [5, 5.41) is 0. The van der Waals surface area contributed by atoms with Crippen molar-refractivity contribution < 1.29 is 54.6 Å². The fraction of sp³-hybridized carbons (Fsp3) is 0.455. The number of halogens is 2. The molecule has 29 heavy (non-hydrogen) atoms. The molecule has 0 aliphatic rings. The van der Waals surface area contributed by atoms with Crippen LogP contribution in [-0.4, -0.2) is 28.2 Å². The second-order valence-electron chi connectivity index (χ2n) is 7.84. The van der Waals surface area contributed by atoms with E-state index >= 15 is 0 Å². The van der Waals surface area contributed by atoms with E-state index in [2.05, 4.69) is 73.9 Å². The minimum absolute atomic E-state index is 0. The number of hydrogen-bond acceptors (Lipinski definition) is 4. The average Bonchev–Trinajstić information content (AvgIpc) is 2.61. The summed E-state index contributed by atoms with van der Waals surface area (Å²) in [4.78, 5) is 4.20. The fourth-order valence-electron chi connectivity index (χ4n) is 2.77. The Morgan fingerprint density at radius 3 is 1.28 bits per heavy atom. The van der Waals surface area contributed by atoms with Crippen LogP contribution in [0.15, 0.2) is 36.4 Å². The van der Waals surface area contributed by atoms with Crippen LogP contribution in [-0.2, 0) is 24.1 Å². The van der Waals surface area contributed by atoms with Gasteiger partial charge in [0.05, 0.1) is 0 Å². The van der Waals surface area contributed by atoms with Crippen LogP contribution in [0.3, 0.4) is 0 Å². The Bertz CT molecular complexity index is 705. The van der Waals surface area contributed by atoms with Crippen molar-refractivity contribution in [3.8, 4) is 11.5 Å². The minimum atomic E-state index is -1.52. The van der Waals surface area contributed by atoms with Crippen molar-refractivity contribution in [3.63, 3.8) is 0 Å². The zero-order valence-corrected chi connectivity index (χ0v) is 22.6. The van der Waals surface area contributed by atoms with Crippen LogP contribution < -0.4 is 40.2 Å². The summed E-state index contributed by atoms with van der Waals surface area (Å²) in [5.74, 6) is 2.80. The van der Waals surface area contributed by atoms with Gasteiger partial charge in [-0.3, -0.25) is 0 Å². The molecular formula is C22H32Cl2N2O2Zr. The van der Waals surface area contributed by atoms with E-state index in [1.54, 1.807) is 0 Å². The third-order valence-electron chi connectivity index (χ3n) is 4.57. The van der Waals surface area contributed by atoms with Gasteiger partial charge >= 0.3 is 178 Å². The molecule has 7 heteroatoms. The van der Waals surface area contributed by atoms with Gasteiger partial charge in [0, 0.05) is 0 Å². The molecule has 0 N–H and O–H groups in total. The minimum Gasteiger partial charge on any atom is -1.00 e. The quantitative estimate of drug-likeness (QED) is 0.468. The Morgan fingerprint density at radius 2 is 1.00 bits per heavy atom. The maximum Gasteiger partial charge on any atom is -1.00 e. The van der Waals surface area contributed by atoms with Gasteiger partial charge in [0.25, 0.3) is 0 Å². The molecule has 0 atom stereocenters. The first-order valence-corrected chi connectivity index (χ1v) is 11.4. The molecule has 0 unspecified atom stereocenters. The van der Waals surface area contributed by atoms with Crippen molar-refractivity contribution in [2.45, 2.75) is 39.5 Å². The van der Waals surface area contributed by atoms with Crippen molar-refractivity contribution in [2.24, 2.45) is 0 Å². The molecule has 0 saturated heterocycles. The van der Waals surface area contributed by atoms with Crippen molar-refractivity contribution >= 4 is 11.4 Å². The number of hydrogen-bond donors (Lipinski definition) is 0. The molecule has 0 aromatic heterocycles. The van der Waals surface area contributed by atoms with Gasteiger partial charge in [-0.1, -0.05) is 0 Å². The molecule has 2 rings (SSSR count). The number of anilines is 2. The molecule has 0 heterocycles. The van der Waals surface area contributed by atoms with Crippen LogP contribution in [0.2, 0.25) is 0 Å². The molecule has 160 valence electrons. The second kappa shape index (κ2) is 12.7. The SMILES string of the molecule is CC(C)c1ccc([O][Zr+2][O]c2ccc(C(C)C)cc2N(C)C)c(N(C)C)c1.[Cl-].[Cl-]. The molecule has 2 aromatic rings. The largest absolute Gasteiger partial charge is 1.00 e. The zero-order valence-electron chi connectivity index (χ0n) is 18.6. The van der Waals surface area contributed by atoms with Crippen LogP contribution in [0.1, 0.15) is 50.7 Å². The Hall–Kier alpha value is -0.897.